The maximum absolute atomic E-state index is 12.8. The molecule has 2 aromatic carbocycles. The number of thiophene rings is 1. The van der Waals surface area contributed by atoms with Gasteiger partial charge in [0.25, 0.3) is 15.9 Å². The molecule has 0 saturated heterocycles. The van der Waals surface area contributed by atoms with E-state index in [1.165, 1.54) is 42.7 Å². The van der Waals surface area contributed by atoms with Crippen LogP contribution in [0.5, 0.6) is 5.75 Å². The number of sulfonamides is 1. The van der Waals surface area contributed by atoms with Crippen LogP contribution >= 0.6 is 22.9 Å². The molecule has 3 rings (SSSR count). The number of halogens is 1. The zero-order valence-corrected chi connectivity index (χ0v) is 18.9. The van der Waals surface area contributed by atoms with Gasteiger partial charge in [0.2, 0.25) is 0 Å². The summed E-state index contributed by atoms with van der Waals surface area (Å²) >= 11 is 7.39. The predicted octanol–water partition coefficient (Wildman–Crippen LogP) is 4.87. The van der Waals surface area contributed by atoms with Crippen molar-refractivity contribution in [3.05, 3.63) is 75.4 Å². The summed E-state index contributed by atoms with van der Waals surface area (Å²) < 4.78 is 33.5. The molecule has 1 aromatic heterocycles. The summed E-state index contributed by atoms with van der Waals surface area (Å²) in [5.74, 6) is 0.459. The lowest BCUT2D eigenvalue weighted by molar-refractivity contribution is 0.0754. The third-order valence-electron chi connectivity index (χ3n) is 4.40. The Morgan fingerprint density at radius 2 is 1.73 bits per heavy atom. The summed E-state index contributed by atoms with van der Waals surface area (Å²) in [5.41, 5.74) is 0.839. The number of rotatable bonds is 8. The first kappa shape index (κ1) is 22.1. The van der Waals surface area contributed by atoms with Crippen molar-refractivity contribution in [3.63, 3.8) is 0 Å². The molecule has 0 radical (unpaired) electrons. The molecule has 0 spiro atoms. The summed E-state index contributed by atoms with van der Waals surface area (Å²) in [5, 5.41) is 0. The molecule has 158 valence electrons. The van der Waals surface area contributed by atoms with Crippen molar-refractivity contribution in [1.29, 1.82) is 0 Å². The normalized spacial score (nSPS) is 11.2. The Kier molecular flexibility index (Phi) is 7.02. The fourth-order valence-electron chi connectivity index (χ4n) is 2.78. The molecular formula is C21H21ClN2O4S2. The zero-order chi connectivity index (χ0) is 21.7. The van der Waals surface area contributed by atoms with Crippen molar-refractivity contribution in [2.75, 3.05) is 18.4 Å². The average Bonchev–Trinajstić information content (AvgIpc) is 3.16. The van der Waals surface area contributed by atoms with E-state index in [4.69, 9.17) is 16.3 Å². The molecule has 1 amide bonds. The molecule has 0 atom stereocenters. The van der Waals surface area contributed by atoms with Gasteiger partial charge in [-0.05, 0) is 67.6 Å². The number of carbonyl (C=O) groups is 1. The van der Waals surface area contributed by atoms with Crippen LogP contribution in [0.1, 0.15) is 22.2 Å². The van der Waals surface area contributed by atoms with Crippen LogP contribution in [0.15, 0.2) is 65.6 Å². The molecule has 1 heterocycles. The van der Waals surface area contributed by atoms with E-state index in [1.54, 1.807) is 35.2 Å². The first-order valence-corrected chi connectivity index (χ1v) is 11.8. The lowest BCUT2D eigenvalue weighted by Gasteiger charge is -2.20. The van der Waals surface area contributed by atoms with Gasteiger partial charge in [-0.25, -0.2) is 8.42 Å². The molecule has 0 unspecified atom stereocenters. The number of nitrogens with one attached hydrogen (secondary N) is 1. The summed E-state index contributed by atoms with van der Waals surface area (Å²) in [6.07, 6.45) is 0. The molecule has 9 heteroatoms. The molecule has 0 aliphatic heterocycles. The Morgan fingerprint density at radius 1 is 1.07 bits per heavy atom. The number of nitrogens with zero attached hydrogens (tertiary/aromatic N) is 1. The number of ether oxygens (including phenoxy) is 1. The van der Waals surface area contributed by atoms with Gasteiger partial charge in [-0.1, -0.05) is 11.6 Å². The highest BCUT2D eigenvalue weighted by Crippen LogP contribution is 2.24. The third-order valence-corrected chi connectivity index (χ3v) is 7.01. The van der Waals surface area contributed by atoms with Crippen molar-refractivity contribution in [1.82, 2.24) is 4.90 Å². The van der Waals surface area contributed by atoms with E-state index in [1.807, 2.05) is 13.0 Å². The van der Waals surface area contributed by atoms with Crippen LogP contribution in [-0.2, 0) is 16.6 Å². The number of amides is 1. The van der Waals surface area contributed by atoms with E-state index >= 15 is 0 Å². The monoisotopic (exact) mass is 464 g/mol. The predicted molar refractivity (Wildman–Crippen MR) is 120 cm³/mol. The molecule has 0 bridgehead atoms. The van der Waals surface area contributed by atoms with Crippen molar-refractivity contribution >= 4 is 44.6 Å². The molecule has 0 aliphatic rings. The van der Waals surface area contributed by atoms with E-state index in [0.717, 1.165) is 4.88 Å². The van der Waals surface area contributed by atoms with Gasteiger partial charge in [0.15, 0.2) is 0 Å². The SMILES string of the molecule is CCN(Cc1ccc(Cl)s1)C(=O)c1ccc(S(=O)(=O)Nc2ccc(OC)cc2)cc1. The maximum Gasteiger partial charge on any atom is 0.261 e. The molecule has 0 fully saturated rings. The molecule has 0 saturated carbocycles. The third kappa shape index (κ3) is 5.33. The first-order chi connectivity index (χ1) is 14.3. The van der Waals surface area contributed by atoms with Crippen molar-refractivity contribution < 1.29 is 17.9 Å². The van der Waals surface area contributed by atoms with Gasteiger partial charge in [-0.2, -0.15) is 0 Å². The second-order valence-electron chi connectivity index (χ2n) is 6.38. The Bertz CT molecular complexity index is 1110. The van der Waals surface area contributed by atoms with E-state index in [0.29, 0.717) is 34.4 Å². The highest BCUT2D eigenvalue weighted by molar-refractivity contribution is 7.92. The number of hydrogen-bond acceptors (Lipinski definition) is 5. The summed E-state index contributed by atoms with van der Waals surface area (Å²) in [6, 6.07) is 16.2. The van der Waals surface area contributed by atoms with Gasteiger partial charge in [0.05, 0.1) is 22.9 Å². The number of carbonyl (C=O) groups excluding carboxylic acids is 1. The van der Waals surface area contributed by atoms with Crippen LogP contribution in [-0.4, -0.2) is 32.9 Å². The van der Waals surface area contributed by atoms with Crippen LogP contribution < -0.4 is 9.46 Å². The molecule has 3 aromatic rings. The second kappa shape index (κ2) is 9.51. The van der Waals surface area contributed by atoms with Crippen LogP contribution in [0.2, 0.25) is 4.34 Å². The van der Waals surface area contributed by atoms with Gasteiger partial charge in [-0.3, -0.25) is 9.52 Å². The Hall–Kier alpha value is -2.55. The zero-order valence-electron chi connectivity index (χ0n) is 16.5. The van der Waals surface area contributed by atoms with Crippen LogP contribution in [0, 0.1) is 0 Å². The number of anilines is 1. The molecule has 6 nitrogen and oxygen atoms in total. The first-order valence-electron chi connectivity index (χ1n) is 9.13. The smallest absolute Gasteiger partial charge is 0.261 e. The van der Waals surface area contributed by atoms with Gasteiger partial charge in [0.1, 0.15) is 5.75 Å². The Labute approximate surface area is 185 Å². The van der Waals surface area contributed by atoms with Crippen LogP contribution in [0.3, 0.4) is 0 Å². The van der Waals surface area contributed by atoms with Crippen molar-refractivity contribution in [2.24, 2.45) is 0 Å². The van der Waals surface area contributed by atoms with Gasteiger partial charge in [0, 0.05) is 22.7 Å². The van der Waals surface area contributed by atoms with E-state index in [-0.39, 0.29) is 10.8 Å². The fourth-order valence-corrected chi connectivity index (χ4v) is 4.95. The van der Waals surface area contributed by atoms with E-state index in [9.17, 15) is 13.2 Å². The lowest BCUT2D eigenvalue weighted by Crippen LogP contribution is -2.30. The largest absolute Gasteiger partial charge is 0.497 e. The van der Waals surface area contributed by atoms with Crippen molar-refractivity contribution in [2.45, 2.75) is 18.4 Å². The van der Waals surface area contributed by atoms with Gasteiger partial charge < -0.3 is 9.64 Å². The number of benzene rings is 2. The van der Waals surface area contributed by atoms with E-state index in [2.05, 4.69) is 4.72 Å². The topological polar surface area (TPSA) is 75.7 Å². The molecule has 0 aliphatic carbocycles. The number of methoxy groups -OCH3 is 1. The Balaban J connectivity index is 1.72. The van der Waals surface area contributed by atoms with Gasteiger partial charge in [-0.15, -0.1) is 11.3 Å². The number of hydrogen-bond donors (Lipinski definition) is 1. The highest BCUT2D eigenvalue weighted by Gasteiger charge is 2.18. The molecule has 1 N–H and O–H groups in total. The molecular weight excluding hydrogens is 444 g/mol. The second-order valence-corrected chi connectivity index (χ2v) is 9.87. The van der Waals surface area contributed by atoms with Crippen molar-refractivity contribution in [3.8, 4) is 5.75 Å². The van der Waals surface area contributed by atoms with Crippen LogP contribution in [0.4, 0.5) is 5.69 Å². The highest BCUT2D eigenvalue weighted by atomic mass is 35.5. The summed E-state index contributed by atoms with van der Waals surface area (Å²) in [4.78, 5) is 15.6. The summed E-state index contributed by atoms with van der Waals surface area (Å²) in [6.45, 7) is 2.87. The minimum atomic E-state index is -3.78. The lowest BCUT2D eigenvalue weighted by atomic mass is 10.2. The average molecular weight is 465 g/mol. The fraction of sp³-hybridized carbons (Fsp3) is 0.190. The van der Waals surface area contributed by atoms with Crippen LogP contribution in [0.25, 0.3) is 0 Å². The quantitative estimate of drug-likeness (QED) is 0.515. The summed E-state index contributed by atoms with van der Waals surface area (Å²) in [7, 11) is -2.24. The van der Waals surface area contributed by atoms with E-state index < -0.39 is 10.0 Å². The molecule has 30 heavy (non-hydrogen) atoms. The maximum atomic E-state index is 12.8. The van der Waals surface area contributed by atoms with Gasteiger partial charge >= 0.3 is 0 Å². The Morgan fingerprint density at radius 3 is 2.27 bits per heavy atom. The minimum Gasteiger partial charge on any atom is -0.497 e. The standard InChI is InChI=1S/C21H21ClN2O4S2/c1-3-24(14-18-10-13-20(22)29-18)21(25)15-4-11-19(12-5-15)30(26,27)23-16-6-8-17(28-2)9-7-16/h4-13,23H,3,14H2,1-2H3. The minimum absolute atomic E-state index is 0.0722.